The number of nitrogens with one attached hydrogen (secondary N) is 2. The summed E-state index contributed by atoms with van der Waals surface area (Å²) in [6.07, 6.45) is 20.3. The second kappa shape index (κ2) is 8.53. The molecular formula is C19H36N2. The minimum absolute atomic E-state index is 0.804. The van der Waals surface area contributed by atoms with Crippen molar-refractivity contribution in [3.05, 3.63) is 0 Å². The summed E-state index contributed by atoms with van der Waals surface area (Å²) in [7, 11) is 0. The lowest BCUT2D eigenvalue weighted by Crippen LogP contribution is -2.52. The molecule has 1 aliphatic heterocycles. The Morgan fingerprint density at radius 3 is 2.05 bits per heavy atom. The van der Waals surface area contributed by atoms with E-state index in [0.29, 0.717) is 0 Å². The van der Waals surface area contributed by atoms with Crippen LogP contribution in [0, 0.1) is 5.92 Å². The van der Waals surface area contributed by atoms with Crippen LogP contribution >= 0.6 is 0 Å². The maximum atomic E-state index is 4.13. The molecule has 3 unspecified atom stereocenters. The zero-order valence-electron chi connectivity index (χ0n) is 13.9. The van der Waals surface area contributed by atoms with Gasteiger partial charge >= 0.3 is 0 Å². The molecule has 2 aliphatic carbocycles. The summed E-state index contributed by atoms with van der Waals surface area (Å²) in [5, 5.41) is 7.97. The molecule has 122 valence electrons. The molecule has 2 saturated carbocycles. The summed E-state index contributed by atoms with van der Waals surface area (Å²) < 4.78 is 0. The SMILES string of the molecule is C1CCCC(NC2CCCCC2C2CCCCN2)CCC1. The van der Waals surface area contributed by atoms with Crippen molar-refractivity contribution in [3.8, 4) is 0 Å². The van der Waals surface area contributed by atoms with E-state index in [0.717, 1.165) is 24.0 Å². The molecule has 2 heteroatoms. The highest BCUT2D eigenvalue weighted by molar-refractivity contribution is 4.92. The smallest absolute Gasteiger partial charge is 0.0113 e. The Bertz CT molecular complexity index is 277. The molecule has 0 bridgehead atoms. The molecule has 2 N–H and O–H groups in total. The molecule has 3 aliphatic rings. The molecular weight excluding hydrogens is 256 g/mol. The second-order valence-electron chi connectivity index (χ2n) is 7.82. The van der Waals surface area contributed by atoms with Crippen molar-refractivity contribution >= 4 is 0 Å². The first-order valence-corrected chi connectivity index (χ1v) is 9.93. The Labute approximate surface area is 131 Å². The number of hydrogen-bond acceptors (Lipinski definition) is 2. The molecule has 0 aromatic carbocycles. The Morgan fingerprint density at radius 2 is 1.29 bits per heavy atom. The fourth-order valence-corrected chi connectivity index (χ4v) is 5.02. The zero-order chi connectivity index (χ0) is 14.3. The fraction of sp³-hybridized carbons (Fsp3) is 1.00. The lowest BCUT2D eigenvalue weighted by Gasteiger charge is -2.41. The Morgan fingerprint density at radius 1 is 0.619 bits per heavy atom. The highest BCUT2D eigenvalue weighted by Gasteiger charge is 2.33. The fourth-order valence-electron chi connectivity index (χ4n) is 5.02. The summed E-state index contributed by atoms with van der Waals surface area (Å²) in [5.74, 6) is 0.907. The predicted octanol–water partition coefficient (Wildman–Crippen LogP) is 4.39. The number of rotatable bonds is 3. The van der Waals surface area contributed by atoms with Crippen molar-refractivity contribution < 1.29 is 0 Å². The average Bonchev–Trinajstić information content (AvgIpc) is 2.51. The van der Waals surface area contributed by atoms with Crippen molar-refractivity contribution in [1.82, 2.24) is 10.6 Å². The summed E-state index contributed by atoms with van der Waals surface area (Å²) in [6.45, 7) is 1.26. The van der Waals surface area contributed by atoms with Crippen molar-refractivity contribution in [2.45, 2.75) is 108 Å². The van der Waals surface area contributed by atoms with Gasteiger partial charge in [0.1, 0.15) is 0 Å². The van der Waals surface area contributed by atoms with Gasteiger partial charge in [0.2, 0.25) is 0 Å². The van der Waals surface area contributed by atoms with Crippen molar-refractivity contribution in [2.75, 3.05) is 6.54 Å². The van der Waals surface area contributed by atoms with Crippen LogP contribution in [-0.4, -0.2) is 24.7 Å². The molecule has 1 saturated heterocycles. The van der Waals surface area contributed by atoms with Crippen LogP contribution in [0.1, 0.15) is 89.9 Å². The minimum Gasteiger partial charge on any atom is -0.314 e. The third-order valence-electron chi connectivity index (χ3n) is 6.24. The van der Waals surface area contributed by atoms with Crippen LogP contribution in [0.5, 0.6) is 0 Å². The highest BCUT2D eigenvalue weighted by Crippen LogP contribution is 2.31. The molecule has 3 fully saturated rings. The van der Waals surface area contributed by atoms with Crippen molar-refractivity contribution in [2.24, 2.45) is 5.92 Å². The summed E-state index contributed by atoms with van der Waals surface area (Å²) in [4.78, 5) is 0. The highest BCUT2D eigenvalue weighted by atomic mass is 15.0. The number of piperidine rings is 1. The van der Waals surface area contributed by atoms with E-state index in [1.165, 1.54) is 96.4 Å². The van der Waals surface area contributed by atoms with Gasteiger partial charge in [-0.2, -0.15) is 0 Å². The van der Waals surface area contributed by atoms with E-state index in [2.05, 4.69) is 10.6 Å². The van der Waals surface area contributed by atoms with Gasteiger partial charge in [-0.25, -0.2) is 0 Å². The van der Waals surface area contributed by atoms with Gasteiger partial charge in [-0.3, -0.25) is 0 Å². The van der Waals surface area contributed by atoms with E-state index in [1.54, 1.807) is 0 Å². The summed E-state index contributed by atoms with van der Waals surface area (Å²) in [6, 6.07) is 2.43. The molecule has 0 aromatic heterocycles. The van der Waals surface area contributed by atoms with Gasteiger partial charge in [-0.15, -0.1) is 0 Å². The van der Waals surface area contributed by atoms with Gasteiger partial charge < -0.3 is 10.6 Å². The van der Waals surface area contributed by atoms with Gasteiger partial charge in [0, 0.05) is 18.1 Å². The van der Waals surface area contributed by atoms with E-state index >= 15 is 0 Å². The molecule has 0 radical (unpaired) electrons. The lowest BCUT2D eigenvalue weighted by atomic mass is 9.76. The Balaban J connectivity index is 1.55. The van der Waals surface area contributed by atoms with Crippen LogP contribution in [0.25, 0.3) is 0 Å². The topological polar surface area (TPSA) is 24.1 Å². The van der Waals surface area contributed by atoms with Crippen molar-refractivity contribution in [3.63, 3.8) is 0 Å². The molecule has 2 nitrogen and oxygen atoms in total. The standard InChI is InChI=1S/C19H36N2/c1-2-4-10-16(11-5-3-1)21-19-14-7-6-12-17(19)18-13-8-9-15-20-18/h16-21H,1-15H2. The normalized spacial score (nSPS) is 36.9. The Kier molecular flexibility index (Phi) is 6.42. The monoisotopic (exact) mass is 292 g/mol. The van der Waals surface area contributed by atoms with Gasteiger partial charge in [0.05, 0.1) is 0 Å². The van der Waals surface area contributed by atoms with E-state index in [1.807, 2.05) is 0 Å². The van der Waals surface area contributed by atoms with Crippen LogP contribution < -0.4 is 10.6 Å². The van der Waals surface area contributed by atoms with Crippen LogP contribution in [0.4, 0.5) is 0 Å². The second-order valence-corrected chi connectivity index (χ2v) is 7.82. The van der Waals surface area contributed by atoms with Crippen LogP contribution in [0.3, 0.4) is 0 Å². The van der Waals surface area contributed by atoms with Crippen LogP contribution in [-0.2, 0) is 0 Å². The lowest BCUT2D eigenvalue weighted by molar-refractivity contribution is 0.165. The predicted molar refractivity (Wildman–Crippen MR) is 90.6 cm³/mol. The zero-order valence-corrected chi connectivity index (χ0v) is 13.9. The molecule has 0 amide bonds. The summed E-state index contributed by atoms with van der Waals surface area (Å²) >= 11 is 0. The molecule has 0 aromatic rings. The van der Waals surface area contributed by atoms with Gasteiger partial charge in [-0.1, -0.05) is 51.4 Å². The third-order valence-corrected chi connectivity index (χ3v) is 6.24. The van der Waals surface area contributed by atoms with E-state index in [4.69, 9.17) is 0 Å². The maximum Gasteiger partial charge on any atom is 0.0113 e. The van der Waals surface area contributed by atoms with Crippen LogP contribution in [0.2, 0.25) is 0 Å². The van der Waals surface area contributed by atoms with Crippen molar-refractivity contribution in [1.29, 1.82) is 0 Å². The molecule has 1 heterocycles. The van der Waals surface area contributed by atoms with Gasteiger partial charge in [-0.05, 0) is 51.0 Å². The van der Waals surface area contributed by atoms with E-state index in [-0.39, 0.29) is 0 Å². The van der Waals surface area contributed by atoms with E-state index in [9.17, 15) is 0 Å². The quantitative estimate of drug-likeness (QED) is 0.806. The van der Waals surface area contributed by atoms with Crippen LogP contribution in [0.15, 0.2) is 0 Å². The molecule has 0 spiro atoms. The molecule has 21 heavy (non-hydrogen) atoms. The van der Waals surface area contributed by atoms with E-state index < -0.39 is 0 Å². The largest absolute Gasteiger partial charge is 0.314 e. The molecule has 3 atom stereocenters. The first-order chi connectivity index (χ1) is 10.4. The van der Waals surface area contributed by atoms with Gasteiger partial charge in [0.15, 0.2) is 0 Å². The third kappa shape index (κ3) is 4.69. The summed E-state index contributed by atoms with van der Waals surface area (Å²) in [5.41, 5.74) is 0. The maximum absolute atomic E-state index is 4.13. The first-order valence-electron chi connectivity index (χ1n) is 9.93. The average molecular weight is 293 g/mol. The minimum atomic E-state index is 0.804. The number of hydrogen-bond donors (Lipinski definition) is 2. The van der Waals surface area contributed by atoms with Gasteiger partial charge in [0.25, 0.3) is 0 Å². The Hall–Kier alpha value is -0.0800. The molecule has 3 rings (SSSR count). The first kappa shape index (κ1) is 15.8.